The number of halogens is 1. The summed E-state index contributed by atoms with van der Waals surface area (Å²) in [4.78, 5) is 17.2. The molecule has 4 rings (SSSR count). The minimum atomic E-state index is -0.245. The van der Waals surface area contributed by atoms with Crippen molar-refractivity contribution in [1.82, 2.24) is 10.3 Å². The Morgan fingerprint density at radius 1 is 1.19 bits per heavy atom. The van der Waals surface area contributed by atoms with Crippen LogP contribution in [0, 0.1) is 5.82 Å². The fraction of sp³-hybridized carbons (Fsp3) is 0.238. The Hall–Kier alpha value is -2.95. The first kappa shape index (κ1) is 16.5. The van der Waals surface area contributed by atoms with Crippen molar-refractivity contribution >= 4 is 16.8 Å². The summed E-state index contributed by atoms with van der Waals surface area (Å²) in [5.74, 6) is -0.0188. The summed E-state index contributed by atoms with van der Waals surface area (Å²) < 4.78 is 18.8. The first-order chi connectivity index (χ1) is 12.6. The van der Waals surface area contributed by atoms with Crippen LogP contribution in [0.1, 0.15) is 28.8 Å². The molecule has 0 radical (unpaired) electrons. The van der Waals surface area contributed by atoms with Crippen LogP contribution in [-0.2, 0) is 5.41 Å². The first-order valence-electron chi connectivity index (χ1n) is 8.59. The van der Waals surface area contributed by atoms with Crippen molar-refractivity contribution < 1.29 is 13.9 Å². The third-order valence-electron chi connectivity index (χ3n) is 5.02. The van der Waals surface area contributed by atoms with Crippen LogP contribution in [0.4, 0.5) is 4.39 Å². The van der Waals surface area contributed by atoms with Crippen molar-refractivity contribution in [2.75, 3.05) is 13.7 Å². The molecule has 0 bridgehead atoms. The molecule has 26 heavy (non-hydrogen) atoms. The molecule has 1 aliphatic carbocycles. The Labute approximate surface area is 151 Å². The van der Waals surface area contributed by atoms with Gasteiger partial charge in [0, 0.05) is 23.4 Å². The highest BCUT2D eigenvalue weighted by molar-refractivity contribution is 6.06. The van der Waals surface area contributed by atoms with E-state index in [-0.39, 0.29) is 17.1 Å². The summed E-state index contributed by atoms with van der Waals surface area (Å²) in [6, 6.07) is 15.8. The lowest BCUT2D eigenvalue weighted by Crippen LogP contribution is -2.32. The number of carbonyl (C=O) groups is 1. The maximum Gasteiger partial charge on any atom is 0.252 e. The molecule has 1 heterocycles. The highest BCUT2D eigenvalue weighted by Crippen LogP contribution is 2.47. The predicted octanol–water partition coefficient (Wildman–Crippen LogP) is 3.84. The molecular weight excluding hydrogens is 331 g/mol. The maximum atomic E-state index is 13.5. The van der Waals surface area contributed by atoms with Gasteiger partial charge in [-0.3, -0.25) is 4.79 Å². The van der Waals surface area contributed by atoms with Gasteiger partial charge in [0.1, 0.15) is 5.82 Å². The Morgan fingerprint density at radius 2 is 2.00 bits per heavy atom. The summed E-state index contributed by atoms with van der Waals surface area (Å²) in [5, 5.41) is 3.80. The van der Waals surface area contributed by atoms with Crippen LogP contribution in [0.15, 0.2) is 54.6 Å². The first-order valence-corrected chi connectivity index (χ1v) is 8.59. The number of aromatic nitrogens is 1. The van der Waals surface area contributed by atoms with Crippen LogP contribution in [-0.4, -0.2) is 24.5 Å². The van der Waals surface area contributed by atoms with Gasteiger partial charge in [0.05, 0.1) is 18.2 Å². The van der Waals surface area contributed by atoms with E-state index in [0.29, 0.717) is 23.5 Å². The van der Waals surface area contributed by atoms with Crippen LogP contribution in [0.5, 0.6) is 5.88 Å². The summed E-state index contributed by atoms with van der Waals surface area (Å²) >= 11 is 0. The van der Waals surface area contributed by atoms with Crippen LogP contribution in [0.2, 0.25) is 0 Å². The molecule has 4 nitrogen and oxygen atoms in total. The third-order valence-corrected chi connectivity index (χ3v) is 5.02. The minimum absolute atomic E-state index is 0.162. The zero-order valence-electron chi connectivity index (χ0n) is 14.5. The molecule has 1 saturated carbocycles. The topological polar surface area (TPSA) is 51.2 Å². The number of pyridine rings is 1. The van der Waals surface area contributed by atoms with Crippen molar-refractivity contribution in [3.05, 3.63) is 71.5 Å². The van der Waals surface area contributed by atoms with E-state index in [1.54, 1.807) is 18.2 Å². The number of nitrogens with one attached hydrogen (secondary N) is 1. The summed E-state index contributed by atoms with van der Waals surface area (Å²) in [7, 11) is 1.53. The molecule has 1 N–H and O–H groups in total. The fourth-order valence-corrected chi connectivity index (χ4v) is 3.32. The van der Waals surface area contributed by atoms with Gasteiger partial charge in [-0.05, 0) is 36.6 Å². The Balaban J connectivity index is 1.58. The zero-order chi connectivity index (χ0) is 18.1. The van der Waals surface area contributed by atoms with Gasteiger partial charge < -0.3 is 10.1 Å². The molecule has 5 heteroatoms. The average molecular weight is 350 g/mol. The SMILES string of the molecule is COc1cc(C(=O)NCC2(c3cccc(F)c3)CC2)c2ccccc2n1. The lowest BCUT2D eigenvalue weighted by molar-refractivity contribution is 0.0951. The van der Waals surface area contributed by atoms with Gasteiger partial charge in [-0.25, -0.2) is 9.37 Å². The lowest BCUT2D eigenvalue weighted by atomic mass is 9.95. The largest absolute Gasteiger partial charge is 0.481 e. The van der Waals surface area contributed by atoms with Crippen molar-refractivity contribution in [1.29, 1.82) is 0 Å². The maximum absolute atomic E-state index is 13.5. The molecule has 2 aromatic carbocycles. The van der Waals surface area contributed by atoms with Gasteiger partial charge in [-0.15, -0.1) is 0 Å². The van der Waals surface area contributed by atoms with Crippen LogP contribution in [0.3, 0.4) is 0 Å². The molecule has 0 aliphatic heterocycles. The van der Waals surface area contributed by atoms with Gasteiger partial charge in [0.2, 0.25) is 5.88 Å². The van der Waals surface area contributed by atoms with Crippen molar-refractivity contribution in [2.24, 2.45) is 0 Å². The van der Waals surface area contributed by atoms with E-state index < -0.39 is 0 Å². The number of ether oxygens (including phenoxy) is 1. The molecule has 0 unspecified atom stereocenters. The van der Waals surface area contributed by atoms with Crippen LogP contribution < -0.4 is 10.1 Å². The van der Waals surface area contributed by atoms with Crippen LogP contribution in [0.25, 0.3) is 10.9 Å². The monoisotopic (exact) mass is 350 g/mol. The van der Waals surface area contributed by atoms with E-state index in [1.807, 2.05) is 30.3 Å². The number of methoxy groups -OCH3 is 1. The molecule has 0 atom stereocenters. The number of para-hydroxylation sites is 1. The van der Waals surface area contributed by atoms with Gasteiger partial charge in [0.15, 0.2) is 0 Å². The fourth-order valence-electron chi connectivity index (χ4n) is 3.32. The Kier molecular flexibility index (Phi) is 4.07. The highest BCUT2D eigenvalue weighted by Gasteiger charge is 2.44. The summed E-state index contributed by atoms with van der Waals surface area (Å²) in [6.45, 7) is 0.480. The highest BCUT2D eigenvalue weighted by atomic mass is 19.1. The van der Waals surface area contributed by atoms with E-state index in [1.165, 1.54) is 13.2 Å². The molecule has 132 valence electrons. The Morgan fingerprint density at radius 3 is 2.73 bits per heavy atom. The smallest absolute Gasteiger partial charge is 0.252 e. The van der Waals surface area contributed by atoms with Crippen LogP contribution >= 0.6 is 0 Å². The summed E-state index contributed by atoms with van der Waals surface area (Å²) in [6.07, 6.45) is 1.88. The number of nitrogens with zero attached hydrogens (tertiary/aromatic N) is 1. The van der Waals surface area contributed by atoms with E-state index in [2.05, 4.69) is 10.3 Å². The normalized spacial score (nSPS) is 14.8. The second-order valence-corrected chi connectivity index (χ2v) is 6.70. The van der Waals surface area contributed by atoms with E-state index in [9.17, 15) is 9.18 Å². The number of benzene rings is 2. The van der Waals surface area contributed by atoms with Gasteiger partial charge in [-0.1, -0.05) is 30.3 Å². The zero-order valence-corrected chi connectivity index (χ0v) is 14.5. The summed E-state index contributed by atoms with van der Waals surface area (Å²) in [5.41, 5.74) is 2.02. The molecule has 1 amide bonds. The molecule has 1 aromatic heterocycles. The second-order valence-electron chi connectivity index (χ2n) is 6.70. The van der Waals surface area contributed by atoms with E-state index in [4.69, 9.17) is 4.74 Å². The van der Waals surface area contributed by atoms with Crippen molar-refractivity contribution in [3.63, 3.8) is 0 Å². The average Bonchev–Trinajstić information content (AvgIpc) is 3.46. The number of hydrogen-bond acceptors (Lipinski definition) is 3. The third kappa shape index (κ3) is 3.01. The molecule has 3 aromatic rings. The second kappa shape index (κ2) is 6.41. The predicted molar refractivity (Wildman–Crippen MR) is 97.9 cm³/mol. The van der Waals surface area contributed by atoms with Gasteiger partial charge in [0.25, 0.3) is 5.91 Å². The van der Waals surface area contributed by atoms with Crippen molar-refractivity contribution in [2.45, 2.75) is 18.3 Å². The standard InChI is InChI=1S/C21H19FN2O2/c1-26-19-12-17(16-7-2-3-8-18(16)24-19)20(25)23-13-21(9-10-21)14-5-4-6-15(22)11-14/h2-8,11-12H,9-10,13H2,1H3,(H,23,25). The number of carbonyl (C=O) groups excluding carboxylic acids is 1. The number of fused-ring (bicyclic) bond motifs is 1. The van der Waals surface area contributed by atoms with E-state index >= 15 is 0 Å². The van der Waals surface area contributed by atoms with Gasteiger partial charge >= 0.3 is 0 Å². The van der Waals surface area contributed by atoms with E-state index in [0.717, 1.165) is 23.8 Å². The molecule has 0 saturated heterocycles. The Bertz CT molecular complexity index is 983. The molecule has 1 aliphatic rings. The number of amides is 1. The minimum Gasteiger partial charge on any atom is -0.481 e. The molecular formula is C21H19FN2O2. The van der Waals surface area contributed by atoms with Gasteiger partial charge in [-0.2, -0.15) is 0 Å². The molecule has 0 spiro atoms. The molecule has 1 fully saturated rings. The van der Waals surface area contributed by atoms with Crippen molar-refractivity contribution in [3.8, 4) is 5.88 Å². The lowest BCUT2D eigenvalue weighted by Gasteiger charge is -2.17. The number of hydrogen-bond donors (Lipinski definition) is 1. The quantitative estimate of drug-likeness (QED) is 0.760. The number of rotatable bonds is 5.